The van der Waals surface area contributed by atoms with Crippen LogP contribution in [0.3, 0.4) is 0 Å². The Morgan fingerprint density at radius 1 is 1.26 bits per heavy atom. The van der Waals surface area contributed by atoms with Gasteiger partial charge >= 0.3 is 0 Å². The van der Waals surface area contributed by atoms with Gasteiger partial charge in [-0.3, -0.25) is 4.79 Å². The van der Waals surface area contributed by atoms with Crippen molar-refractivity contribution in [1.29, 1.82) is 0 Å². The summed E-state index contributed by atoms with van der Waals surface area (Å²) < 4.78 is 5.89. The van der Waals surface area contributed by atoms with Gasteiger partial charge in [-0.05, 0) is 36.6 Å². The third-order valence-corrected chi connectivity index (χ3v) is 4.29. The summed E-state index contributed by atoms with van der Waals surface area (Å²) in [7, 11) is 0. The number of piperidine rings is 1. The van der Waals surface area contributed by atoms with Gasteiger partial charge in [0.05, 0.1) is 6.61 Å². The highest BCUT2D eigenvalue weighted by atomic mass is 16.5. The van der Waals surface area contributed by atoms with Gasteiger partial charge in [0.1, 0.15) is 0 Å². The molecule has 5 heteroatoms. The van der Waals surface area contributed by atoms with Gasteiger partial charge in [0.25, 0.3) is 5.91 Å². The van der Waals surface area contributed by atoms with E-state index in [4.69, 9.17) is 10.5 Å². The highest BCUT2D eigenvalue weighted by Crippen LogP contribution is 2.31. The van der Waals surface area contributed by atoms with Crippen LogP contribution in [0.5, 0.6) is 5.75 Å². The van der Waals surface area contributed by atoms with Crippen LogP contribution in [0.15, 0.2) is 48.7 Å². The van der Waals surface area contributed by atoms with Crippen molar-refractivity contribution in [2.24, 2.45) is 11.7 Å². The molecule has 2 atom stereocenters. The van der Waals surface area contributed by atoms with E-state index in [1.54, 1.807) is 18.3 Å². The van der Waals surface area contributed by atoms with Crippen molar-refractivity contribution >= 4 is 5.91 Å². The summed E-state index contributed by atoms with van der Waals surface area (Å²) in [4.78, 5) is 15.4. The molecular weight excluding hydrogens is 290 g/mol. The van der Waals surface area contributed by atoms with Crippen LogP contribution in [-0.4, -0.2) is 30.6 Å². The maximum Gasteiger partial charge on any atom is 0.271 e. The van der Waals surface area contributed by atoms with Crippen molar-refractivity contribution in [3.8, 4) is 5.75 Å². The Kier molecular flexibility index (Phi) is 4.88. The second-order valence-corrected chi connectivity index (χ2v) is 5.80. The van der Waals surface area contributed by atoms with Crippen LogP contribution in [-0.2, 0) is 0 Å². The normalized spacial score (nSPS) is 20.9. The number of benzene rings is 1. The first-order valence-corrected chi connectivity index (χ1v) is 7.89. The molecule has 5 nitrogen and oxygen atoms in total. The Balaban J connectivity index is 1.72. The van der Waals surface area contributed by atoms with E-state index in [0.717, 1.165) is 19.5 Å². The lowest BCUT2D eigenvalue weighted by atomic mass is 9.81. The first kappa shape index (κ1) is 15.5. The number of carbonyl (C=O) groups is 1. The number of aromatic nitrogens is 1. The van der Waals surface area contributed by atoms with Crippen molar-refractivity contribution < 1.29 is 9.53 Å². The molecule has 2 heterocycles. The molecule has 3 rings (SSSR count). The van der Waals surface area contributed by atoms with Crippen LogP contribution in [0.25, 0.3) is 0 Å². The molecule has 1 fully saturated rings. The number of nitrogens with two attached hydrogens (primary N) is 1. The number of pyridine rings is 1. The minimum absolute atomic E-state index is 0.188. The molecule has 1 saturated heterocycles. The maximum atomic E-state index is 11.4. The van der Waals surface area contributed by atoms with Gasteiger partial charge in [-0.25, -0.2) is 4.98 Å². The standard InChI is InChI=1S/C18H21N3O2/c19-18(22)17-16(7-4-9-21-17)23-12-14-11-20-10-8-15(14)13-5-2-1-3-6-13/h1-7,9,14-15,20H,8,10-12H2,(H2,19,22)/t14-,15-/m0/s1. The summed E-state index contributed by atoms with van der Waals surface area (Å²) in [6.45, 7) is 2.43. The molecule has 1 aliphatic heterocycles. The van der Waals surface area contributed by atoms with E-state index in [0.29, 0.717) is 24.2 Å². The van der Waals surface area contributed by atoms with E-state index < -0.39 is 5.91 Å². The van der Waals surface area contributed by atoms with Crippen molar-refractivity contribution in [2.45, 2.75) is 12.3 Å². The average Bonchev–Trinajstić information content (AvgIpc) is 2.61. The number of hydrogen-bond acceptors (Lipinski definition) is 4. The molecule has 2 aromatic rings. The molecule has 1 amide bonds. The van der Waals surface area contributed by atoms with E-state index in [9.17, 15) is 4.79 Å². The van der Waals surface area contributed by atoms with E-state index >= 15 is 0 Å². The van der Waals surface area contributed by atoms with Crippen molar-refractivity contribution in [2.75, 3.05) is 19.7 Å². The first-order valence-electron chi connectivity index (χ1n) is 7.89. The molecule has 23 heavy (non-hydrogen) atoms. The van der Waals surface area contributed by atoms with Crippen molar-refractivity contribution in [1.82, 2.24) is 10.3 Å². The number of hydrogen-bond donors (Lipinski definition) is 2. The number of nitrogens with zero attached hydrogens (tertiary/aromatic N) is 1. The second-order valence-electron chi connectivity index (χ2n) is 5.80. The molecule has 0 unspecified atom stereocenters. The molecule has 3 N–H and O–H groups in total. The van der Waals surface area contributed by atoms with Gasteiger partial charge in [-0.2, -0.15) is 0 Å². The SMILES string of the molecule is NC(=O)c1ncccc1OC[C@@H]1CNCC[C@H]1c1ccccc1. The fraction of sp³-hybridized carbons (Fsp3) is 0.333. The second kappa shape index (κ2) is 7.24. The predicted molar refractivity (Wildman–Crippen MR) is 88.4 cm³/mol. The number of carbonyl (C=O) groups excluding carboxylic acids is 1. The predicted octanol–water partition coefficient (Wildman–Crippen LogP) is 1.95. The quantitative estimate of drug-likeness (QED) is 0.885. The van der Waals surface area contributed by atoms with Gasteiger partial charge in [-0.1, -0.05) is 30.3 Å². The number of nitrogens with one attached hydrogen (secondary N) is 1. The summed E-state index contributed by atoms with van der Waals surface area (Å²) in [6, 6.07) is 14.0. The molecule has 1 aliphatic rings. The molecule has 0 aliphatic carbocycles. The number of amides is 1. The minimum Gasteiger partial charge on any atom is -0.491 e. The van der Waals surface area contributed by atoms with Crippen LogP contribution in [0, 0.1) is 5.92 Å². The molecule has 1 aromatic heterocycles. The number of primary amides is 1. The van der Waals surface area contributed by atoms with Crippen LogP contribution in [0.1, 0.15) is 28.4 Å². The average molecular weight is 311 g/mol. The molecule has 0 saturated carbocycles. The molecule has 1 aromatic carbocycles. The van der Waals surface area contributed by atoms with Gasteiger partial charge in [-0.15, -0.1) is 0 Å². The molecule has 0 spiro atoms. The van der Waals surface area contributed by atoms with Crippen LogP contribution in [0.2, 0.25) is 0 Å². The highest BCUT2D eigenvalue weighted by molar-refractivity contribution is 5.93. The Hall–Kier alpha value is -2.40. The summed E-state index contributed by atoms with van der Waals surface area (Å²) in [6.07, 6.45) is 2.62. The Bertz CT molecular complexity index is 660. The highest BCUT2D eigenvalue weighted by Gasteiger charge is 2.27. The molecular formula is C18H21N3O2. The monoisotopic (exact) mass is 311 g/mol. The largest absolute Gasteiger partial charge is 0.491 e. The number of rotatable bonds is 5. The lowest BCUT2D eigenvalue weighted by molar-refractivity contribution is 0.0989. The summed E-state index contributed by atoms with van der Waals surface area (Å²) in [5.41, 5.74) is 6.87. The zero-order valence-corrected chi connectivity index (χ0v) is 12.9. The van der Waals surface area contributed by atoms with Gasteiger partial charge < -0.3 is 15.8 Å². The first-order chi connectivity index (χ1) is 11.3. The Morgan fingerprint density at radius 2 is 2.09 bits per heavy atom. The van der Waals surface area contributed by atoms with Gasteiger partial charge in [0, 0.05) is 18.7 Å². The van der Waals surface area contributed by atoms with E-state index in [2.05, 4.69) is 34.6 Å². The zero-order chi connectivity index (χ0) is 16.1. The Labute approximate surface area is 135 Å². The molecule has 0 radical (unpaired) electrons. The fourth-order valence-corrected chi connectivity index (χ4v) is 3.13. The minimum atomic E-state index is -0.568. The summed E-state index contributed by atoms with van der Waals surface area (Å²) >= 11 is 0. The summed E-state index contributed by atoms with van der Waals surface area (Å²) in [5, 5.41) is 3.42. The van der Waals surface area contributed by atoms with Crippen LogP contribution in [0.4, 0.5) is 0 Å². The topological polar surface area (TPSA) is 77.2 Å². The van der Waals surface area contributed by atoms with Gasteiger partial charge in [0.2, 0.25) is 0 Å². The third kappa shape index (κ3) is 3.68. The number of ether oxygens (including phenoxy) is 1. The molecule has 0 bridgehead atoms. The van der Waals surface area contributed by atoms with Crippen LogP contribution >= 0.6 is 0 Å². The van der Waals surface area contributed by atoms with E-state index in [1.165, 1.54) is 5.56 Å². The lowest BCUT2D eigenvalue weighted by Gasteiger charge is -2.32. The lowest BCUT2D eigenvalue weighted by Crippen LogP contribution is -2.38. The van der Waals surface area contributed by atoms with E-state index in [-0.39, 0.29) is 5.69 Å². The smallest absolute Gasteiger partial charge is 0.271 e. The van der Waals surface area contributed by atoms with E-state index in [1.807, 2.05) is 6.07 Å². The third-order valence-electron chi connectivity index (χ3n) is 4.29. The van der Waals surface area contributed by atoms with Crippen molar-refractivity contribution in [3.63, 3.8) is 0 Å². The maximum absolute atomic E-state index is 11.4. The van der Waals surface area contributed by atoms with Crippen molar-refractivity contribution in [3.05, 3.63) is 59.9 Å². The Morgan fingerprint density at radius 3 is 2.87 bits per heavy atom. The van der Waals surface area contributed by atoms with Gasteiger partial charge in [0.15, 0.2) is 11.4 Å². The fourth-order valence-electron chi connectivity index (χ4n) is 3.13. The zero-order valence-electron chi connectivity index (χ0n) is 12.9. The molecule has 120 valence electrons. The summed E-state index contributed by atoms with van der Waals surface area (Å²) in [5.74, 6) is 0.678. The van der Waals surface area contributed by atoms with Crippen LogP contribution < -0.4 is 15.8 Å².